The second kappa shape index (κ2) is 9.51. The first kappa shape index (κ1) is 22.2. The van der Waals surface area contributed by atoms with E-state index in [4.69, 9.17) is 34.8 Å². The van der Waals surface area contributed by atoms with Crippen molar-refractivity contribution in [2.45, 2.75) is 20.3 Å². The molecule has 6 nitrogen and oxygen atoms in total. The van der Waals surface area contributed by atoms with Crippen molar-refractivity contribution < 1.29 is 9.59 Å². The van der Waals surface area contributed by atoms with Crippen LogP contribution in [0, 0.1) is 13.8 Å². The summed E-state index contributed by atoms with van der Waals surface area (Å²) in [4.78, 5) is 24.4. The number of halogens is 3. The highest BCUT2D eigenvalue weighted by atomic mass is 35.5. The molecule has 9 heteroatoms. The average molecular weight is 466 g/mol. The second-order valence-corrected chi connectivity index (χ2v) is 7.92. The van der Waals surface area contributed by atoms with Gasteiger partial charge in [-0.05, 0) is 56.3 Å². The number of carbonyl (C=O) groups excluding carboxylic acids is 2. The van der Waals surface area contributed by atoms with E-state index < -0.39 is 0 Å². The highest BCUT2D eigenvalue weighted by Gasteiger charge is 2.17. The maximum Gasteiger partial charge on any atom is 0.243 e. The SMILES string of the molecule is Cc1nn(-c2ccc(Cl)c(Cl)c2)c(C)c1CC(=O)NCC(=O)Nc1ccc(Cl)cc1. The molecule has 2 aromatic carbocycles. The van der Waals surface area contributed by atoms with Gasteiger partial charge in [0, 0.05) is 22.0 Å². The summed E-state index contributed by atoms with van der Waals surface area (Å²) in [5.41, 5.74) is 3.68. The molecule has 156 valence electrons. The van der Waals surface area contributed by atoms with E-state index in [1.54, 1.807) is 47.1 Å². The lowest BCUT2D eigenvalue weighted by Crippen LogP contribution is -2.34. The number of anilines is 1. The van der Waals surface area contributed by atoms with E-state index in [-0.39, 0.29) is 24.8 Å². The topological polar surface area (TPSA) is 76.0 Å². The lowest BCUT2D eigenvalue weighted by molar-refractivity contribution is -0.123. The first-order valence-corrected chi connectivity index (χ1v) is 10.2. The minimum atomic E-state index is -0.328. The monoisotopic (exact) mass is 464 g/mol. The third-order valence-electron chi connectivity index (χ3n) is 4.50. The Balaban J connectivity index is 1.62. The maximum absolute atomic E-state index is 12.4. The van der Waals surface area contributed by atoms with E-state index in [1.165, 1.54) is 0 Å². The highest BCUT2D eigenvalue weighted by Crippen LogP contribution is 2.26. The number of benzene rings is 2. The molecule has 3 aromatic rings. The van der Waals surface area contributed by atoms with Crippen LogP contribution in [0.1, 0.15) is 17.0 Å². The van der Waals surface area contributed by atoms with E-state index in [2.05, 4.69) is 15.7 Å². The molecule has 3 rings (SSSR count). The van der Waals surface area contributed by atoms with Crippen molar-refractivity contribution in [2.24, 2.45) is 0 Å². The molecule has 0 unspecified atom stereocenters. The molecule has 2 amide bonds. The van der Waals surface area contributed by atoms with Crippen molar-refractivity contribution in [1.82, 2.24) is 15.1 Å². The standard InChI is InChI=1S/C21H19Cl3N4O2/c1-12-17(13(2)28(27-12)16-7-8-18(23)19(24)9-16)10-20(29)25-11-21(30)26-15-5-3-14(22)4-6-15/h3-9H,10-11H2,1-2H3,(H,25,29)(H,26,30). The smallest absolute Gasteiger partial charge is 0.243 e. The Labute approximate surface area is 189 Å². The Bertz CT molecular complexity index is 1090. The third-order valence-corrected chi connectivity index (χ3v) is 5.49. The number of aryl methyl sites for hydroxylation is 1. The Kier molecular flexibility index (Phi) is 7.02. The Morgan fingerprint density at radius 3 is 2.33 bits per heavy atom. The fraction of sp³-hybridized carbons (Fsp3) is 0.190. The molecule has 0 spiro atoms. The molecule has 0 fully saturated rings. The van der Waals surface area contributed by atoms with Gasteiger partial charge in [0.1, 0.15) is 0 Å². The van der Waals surface area contributed by atoms with Crippen molar-refractivity contribution in [2.75, 3.05) is 11.9 Å². The predicted molar refractivity (Wildman–Crippen MR) is 120 cm³/mol. The highest BCUT2D eigenvalue weighted by molar-refractivity contribution is 6.42. The molecule has 2 N–H and O–H groups in total. The summed E-state index contributed by atoms with van der Waals surface area (Å²) in [6.45, 7) is 3.57. The molecule has 30 heavy (non-hydrogen) atoms. The van der Waals surface area contributed by atoms with Gasteiger partial charge in [-0.15, -0.1) is 0 Å². The van der Waals surface area contributed by atoms with Gasteiger partial charge in [-0.2, -0.15) is 5.10 Å². The summed E-state index contributed by atoms with van der Waals surface area (Å²) < 4.78 is 1.72. The van der Waals surface area contributed by atoms with E-state index in [9.17, 15) is 9.59 Å². The second-order valence-electron chi connectivity index (χ2n) is 6.67. The van der Waals surface area contributed by atoms with Gasteiger partial charge < -0.3 is 10.6 Å². The molecule has 0 atom stereocenters. The van der Waals surface area contributed by atoms with Crippen LogP contribution in [-0.4, -0.2) is 28.1 Å². The Morgan fingerprint density at radius 1 is 0.967 bits per heavy atom. The van der Waals surface area contributed by atoms with Crippen LogP contribution < -0.4 is 10.6 Å². The van der Waals surface area contributed by atoms with Crippen LogP contribution in [0.3, 0.4) is 0 Å². The van der Waals surface area contributed by atoms with Gasteiger partial charge in [0.2, 0.25) is 11.8 Å². The van der Waals surface area contributed by atoms with E-state index in [1.807, 2.05) is 13.8 Å². The molecule has 0 saturated carbocycles. The molecule has 0 aliphatic heterocycles. The average Bonchev–Trinajstić information content (AvgIpc) is 2.98. The number of hydrogen-bond donors (Lipinski definition) is 2. The van der Waals surface area contributed by atoms with Gasteiger partial charge in [-0.1, -0.05) is 34.8 Å². The van der Waals surface area contributed by atoms with Gasteiger partial charge >= 0.3 is 0 Å². The van der Waals surface area contributed by atoms with Gasteiger partial charge in [0.25, 0.3) is 0 Å². The fourth-order valence-electron chi connectivity index (χ4n) is 2.94. The summed E-state index contributed by atoms with van der Waals surface area (Å²) in [6.07, 6.45) is 0.104. The minimum Gasteiger partial charge on any atom is -0.347 e. The zero-order valence-electron chi connectivity index (χ0n) is 16.3. The van der Waals surface area contributed by atoms with Crippen molar-refractivity contribution in [1.29, 1.82) is 0 Å². The van der Waals surface area contributed by atoms with Crippen molar-refractivity contribution in [3.63, 3.8) is 0 Å². The Hall–Kier alpha value is -2.54. The Morgan fingerprint density at radius 2 is 1.67 bits per heavy atom. The van der Waals surface area contributed by atoms with Gasteiger partial charge in [0.15, 0.2) is 0 Å². The minimum absolute atomic E-state index is 0.104. The van der Waals surface area contributed by atoms with Crippen LogP contribution in [0.2, 0.25) is 15.1 Å². The van der Waals surface area contributed by atoms with Crippen LogP contribution in [-0.2, 0) is 16.0 Å². The molecular weight excluding hydrogens is 447 g/mol. The fourth-order valence-corrected chi connectivity index (χ4v) is 3.36. The summed E-state index contributed by atoms with van der Waals surface area (Å²) in [7, 11) is 0. The maximum atomic E-state index is 12.4. The quantitative estimate of drug-likeness (QED) is 0.552. The largest absolute Gasteiger partial charge is 0.347 e. The molecule has 0 bridgehead atoms. The predicted octanol–water partition coefficient (Wildman–Crippen LogP) is 4.75. The molecular formula is C21H19Cl3N4O2. The lowest BCUT2D eigenvalue weighted by Gasteiger charge is -2.08. The zero-order chi connectivity index (χ0) is 21.8. The summed E-state index contributed by atoms with van der Waals surface area (Å²) in [5, 5.41) is 11.3. The third kappa shape index (κ3) is 5.33. The van der Waals surface area contributed by atoms with Crippen LogP contribution in [0.5, 0.6) is 0 Å². The number of aromatic nitrogens is 2. The van der Waals surface area contributed by atoms with Crippen LogP contribution >= 0.6 is 34.8 Å². The van der Waals surface area contributed by atoms with E-state index in [0.29, 0.717) is 20.8 Å². The van der Waals surface area contributed by atoms with E-state index >= 15 is 0 Å². The molecule has 0 aliphatic carbocycles. The molecule has 0 radical (unpaired) electrons. The molecule has 0 aliphatic rings. The number of carbonyl (C=O) groups is 2. The summed E-state index contributed by atoms with van der Waals surface area (Å²) >= 11 is 17.9. The molecule has 1 heterocycles. The summed E-state index contributed by atoms with van der Waals surface area (Å²) in [6, 6.07) is 11.9. The van der Waals surface area contributed by atoms with Crippen molar-refractivity contribution in [3.8, 4) is 5.69 Å². The normalized spacial score (nSPS) is 10.7. The first-order valence-electron chi connectivity index (χ1n) is 9.07. The zero-order valence-corrected chi connectivity index (χ0v) is 18.6. The van der Waals surface area contributed by atoms with Crippen LogP contribution in [0.25, 0.3) is 5.69 Å². The summed E-state index contributed by atoms with van der Waals surface area (Å²) in [5.74, 6) is -0.605. The first-order chi connectivity index (χ1) is 14.2. The van der Waals surface area contributed by atoms with E-state index in [0.717, 1.165) is 22.6 Å². The van der Waals surface area contributed by atoms with Crippen LogP contribution in [0.4, 0.5) is 5.69 Å². The number of nitrogens with one attached hydrogen (secondary N) is 2. The number of hydrogen-bond acceptors (Lipinski definition) is 3. The molecule has 0 saturated heterocycles. The van der Waals surface area contributed by atoms with Crippen LogP contribution in [0.15, 0.2) is 42.5 Å². The van der Waals surface area contributed by atoms with Gasteiger partial charge in [0.05, 0.1) is 34.4 Å². The van der Waals surface area contributed by atoms with Gasteiger partial charge in [-0.3, -0.25) is 9.59 Å². The number of nitrogens with zero attached hydrogens (tertiary/aromatic N) is 2. The van der Waals surface area contributed by atoms with Crippen molar-refractivity contribution >= 4 is 52.3 Å². The van der Waals surface area contributed by atoms with Gasteiger partial charge in [-0.25, -0.2) is 4.68 Å². The van der Waals surface area contributed by atoms with Crippen molar-refractivity contribution in [3.05, 3.63) is 74.5 Å². The lowest BCUT2D eigenvalue weighted by atomic mass is 10.1. The number of amides is 2. The molecule has 1 aromatic heterocycles. The number of rotatable bonds is 6.